The van der Waals surface area contributed by atoms with Crippen LogP contribution in [0.25, 0.3) is 10.2 Å². The van der Waals surface area contributed by atoms with Gasteiger partial charge < -0.3 is 4.74 Å². The van der Waals surface area contributed by atoms with E-state index in [-0.39, 0.29) is 32.7 Å². The fourth-order valence-electron chi connectivity index (χ4n) is 3.01. The van der Waals surface area contributed by atoms with E-state index in [2.05, 4.69) is 15.0 Å². The number of ether oxygens (including phenoxy) is 1. The standard InChI is InChI=1S/C21H16N4O6S2/c1-31-17-11-15(25(27)28)12-18-19(17)22-21(32-18)23-20(26)13-6-5-7-14(10-13)24-33(29,30)16-8-3-2-4-9-16/h2-12,24H,1H3,(H,22,23,26). The van der Waals surface area contributed by atoms with Crippen molar-refractivity contribution in [2.75, 3.05) is 17.1 Å². The number of nitro groups is 1. The Kier molecular flexibility index (Phi) is 5.94. The number of hydrogen-bond donors (Lipinski definition) is 2. The van der Waals surface area contributed by atoms with Crippen LogP contribution >= 0.6 is 11.3 Å². The van der Waals surface area contributed by atoms with Crippen LogP contribution in [0, 0.1) is 10.1 Å². The first-order valence-electron chi connectivity index (χ1n) is 9.39. The first-order chi connectivity index (χ1) is 15.8. The minimum absolute atomic E-state index is 0.0948. The van der Waals surface area contributed by atoms with Crippen molar-refractivity contribution in [2.24, 2.45) is 0 Å². The Morgan fingerprint density at radius 3 is 2.55 bits per heavy atom. The Hall–Kier alpha value is -4.03. The van der Waals surface area contributed by atoms with E-state index in [4.69, 9.17) is 4.74 Å². The van der Waals surface area contributed by atoms with E-state index >= 15 is 0 Å². The summed E-state index contributed by atoms with van der Waals surface area (Å²) in [5.74, 6) is -0.309. The molecule has 168 valence electrons. The van der Waals surface area contributed by atoms with Gasteiger partial charge in [-0.3, -0.25) is 24.9 Å². The SMILES string of the molecule is COc1cc([N+](=O)[O-])cc2sc(NC(=O)c3cccc(NS(=O)(=O)c4ccccc4)c3)nc12. The van der Waals surface area contributed by atoms with Gasteiger partial charge in [-0.1, -0.05) is 35.6 Å². The second kappa shape index (κ2) is 8.84. The van der Waals surface area contributed by atoms with Gasteiger partial charge in [-0.15, -0.1) is 0 Å². The molecule has 4 aromatic rings. The number of nitrogens with one attached hydrogen (secondary N) is 2. The predicted molar refractivity (Wildman–Crippen MR) is 124 cm³/mol. The molecular formula is C21H16N4O6S2. The summed E-state index contributed by atoms with van der Waals surface area (Å²) in [6.07, 6.45) is 0. The summed E-state index contributed by atoms with van der Waals surface area (Å²) in [5.41, 5.74) is 0.639. The highest BCUT2D eigenvalue weighted by molar-refractivity contribution is 7.92. The van der Waals surface area contributed by atoms with Crippen molar-refractivity contribution < 1.29 is 22.9 Å². The maximum Gasteiger partial charge on any atom is 0.274 e. The zero-order valence-electron chi connectivity index (χ0n) is 17.0. The molecule has 12 heteroatoms. The van der Waals surface area contributed by atoms with Gasteiger partial charge in [0.1, 0.15) is 5.52 Å². The van der Waals surface area contributed by atoms with Gasteiger partial charge in [-0.25, -0.2) is 13.4 Å². The lowest BCUT2D eigenvalue weighted by Crippen LogP contribution is -2.15. The number of carbonyl (C=O) groups excluding carboxylic acids is 1. The van der Waals surface area contributed by atoms with Crippen molar-refractivity contribution >= 4 is 54.0 Å². The van der Waals surface area contributed by atoms with E-state index in [0.717, 1.165) is 11.3 Å². The second-order valence-corrected chi connectivity index (χ2v) is 9.44. The van der Waals surface area contributed by atoms with Gasteiger partial charge in [0.15, 0.2) is 10.9 Å². The van der Waals surface area contributed by atoms with E-state index in [0.29, 0.717) is 10.2 Å². The fraction of sp³-hybridized carbons (Fsp3) is 0.0476. The van der Waals surface area contributed by atoms with Gasteiger partial charge in [-0.2, -0.15) is 0 Å². The average Bonchev–Trinajstić information content (AvgIpc) is 3.21. The quantitative estimate of drug-likeness (QED) is 0.295. The molecule has 0 radical (unpaired) electrons. The highest BCUT2D eigenvalue weighted by Crippen LogP contribution is 2.36. The third-order valence-corrected chi connectivity index (χ3v) is 6.84. The zero-order chi connectivity index (χ0) is 23.6. The number of sulfonamides is 1. The Morgan fingerprint density at radius 1 is 1.09 bits per heavy atom. The Morgan fingerprint density at radius 2 is 1.85 bits per heavy atom. The number of hydrogen-bond acceptors (Lipinski definition) is 8. The van der Waals surface area contributed by atoms with Gasteiger partial charge in [0, 0.05) is 17.3 Å². The zero-order valence-corrected chi connectivity index (χ0v) is 18.6. The lowest BCUT2D eigenvalue weighted by atomic mass is 10.2. The Balaban J connectivity index is 1.57. The Labute approximate surface area is 192 Å². The van der Waals surface area contributed by atoms with Crippen LogP contribution in [-0.4, -0.2) is 31.3 Å². The molecular weight excluding hydrogens is 468 g/mol. The van der Waals surface area contributed by atoms with Crippen LogP contribution in [0.2, 0.25) is 0 Å². The van der Waals surface area contributed by atoms with Crippen molar-refractivity contribution in [3.8, 4) is 5.75 Å². The van der Waals surface area contributed by atoms with Crippen molar-refractivity contribution in [2.45, 2.75) is 4.90 Å². The molecule has 0 bridgehead atoms. The molecule has 0 fully saturated rings. The number of methoxy groups -OCH3 is 1. The number of aromatic nitrogens is 1. The first kappa shape index (κ1) is 22.2. The molecule has 4 rings (SSSR count). The fourth-order valence-corrected chi connectivity index (χ4v) is 4.99. The van der Waals surface area contributed by atoms with Gasteiger partial charge in [-0.05, 0) is 30.3 Å². The number of carbonyl (C=O) groups is 1. The molecule has 0 saturated heterocycles. The summed E-state index contributed by atoms with van der Waals surface area (Å²) in [6.45, 7) is 0. The number of nitrogens with zero attached hydrogens (tertiary/aromatic N) is 2. The maximum absolute atomic E-state index is 12.7. The maximum atomic E-state index is 12.7. The van der Waals surface area contributed by atoms with Crippen LogP contribution in [0.5, 0.6) is 5.75 Å². The number of rotatable bonds is 7. The highest BCUT2D eigenvalue weighted by Gasteiger charge is 2.18. The topological polar surface area (TPSA) is 141 Å². The molecule has 0 unspecified atom stereocenters. The van der Waals surface area contributed by atoms with Crippen molar-refractivity contribution in [3.63, 3.8) is 0 Å². The van der Waals surface area contributed by atoms with E-state index in [1.165, 1.54) is 49.6 Å². The van der Waals surface area contributed by atoms with Crippen molar-refractivity contribution in [1.29, 1.82) is 0 Å². The monoisotopic (exact) mass is 484 g/mol. The Bertz CT molecular complexity index is 1470. The average molecular weight is 485 g/mol. The smallest absolute Gasteiger partial charge is 0.274 e. The van der Waals surface area contributed by atoms with Crippen molar-refractivity contribution in [1.82, 2.24) is 4.98 Å². The molecule has 1 heterocycles. The van der Waals surface area contributed by atoms with Crippen LogP contribution < -0.4 is 14.8 Å². The molecule has 0 aliphatic rings. The van der Waals surface area contributed by atoms with Gasteiger partial charge in [0.05, 0.1) is 27.7 Å². The summed E-state index contributed by atoms with van der Waals surface area (Å²) < 4.78 is 33.2. The largest absolute Gasteiger partial charge is 0.494 e. The minimum Gasteiger partial charge on any atom is -0.494 e. The van der Waals surface area contributed by atoms with Gasteiger partial charge in [0.25, 0.3) is 21.6 Å². The molecule has 3 aromatic carbocycles. The van der Waals surface area contributed by atoms with E-state index < -0.39 is 20.9 Å². The number of fused-ring (bicyclic) bond motifs is 1. The van der Waals surface area contributed by atoms with Gasteiger partial charge in [0.2, 0.25) is 0 Å². The number of anilines is 2. The van der Waals surface area contributed by atoms with Crippen LogP contribution in [-0.2, 0) is 10.0 Å². The van der Waals surface area contributed by atoms with Crippen LogP contribution in [0.15, 0.2) is 71.6 Å². The van der Waals surface area contributed by atoms with Crippen LogP contribution in [0.3, 0.4) is 0 Å². The van der Waals surface area contributed by atoms with E-state index in [9.17, 15) is 23.3 Å². The number of benzene rings is 3. The second-order valence-electron chi connectivity index (χ2n) is 6.72. The van der Waals surface area contributed by atoms with E-state index in [1.807, 2.05) is 0 Å². The predicted octanol–water partition coefficient (Wildman–Crippen LogP) is 4.27. The molecule has 10 nitrogen and oxygen atoms in total. The molecule has 1 amide bonds. The number of thiazole rings is 1. The first-order valence-corrected chi connectivity index (χ1v) is 11.7. The number of nitro benzene ring substituents is 1. The van der Waals surface area contributed by atoms with Gasteiger partial charge >= 0.3 is 0 Å². The lowest BCUT2D eigenvalue weighted by Gasteiger charge is -2.09. The number of non-ortho nitro benzene ring substituents is 1. The molecule has 2 N–H and O–H groups in total. The molecule has 33 heavy (non-hydrogen) atoms. The lowest BCUT2D eigenvalue weighted by molar-refractivity contribution is -0.384. The van der Waals surface area contributed by atoms with Crippen LogP contribution in [0.4, 0.5) is 16.5 Å². The number of amides is 1. The molecule has 0 aliphatic carbocycles. The summed E-state index contributed by atoms with van der Waals surface area (Å²) in [6, 6.07) is 16.5. The molecule has 0 aliphatic heterocycles. The molecule has 0 saturated carbocycles. The van der Waals surface area contributed by atoms with E-state index in [1.54, 1.807) is 24.3 Å². The highest BCUT2D eigenvalue weighted by atomic mass is 32.2. The third kappa shape index (κ3) is 4.76. The normalized spacial score (nSPS) is 11.2. The minimum atomic E-state index is -3.81. The summed E-state index contributed by atoms with van der Waals surface area (Å²) in [4.78, 5) is 27.7. The summed E-state index contributed by atoms with van der Waals surface area (Å²) in [5, 5.41) is 14.0. The summed E-state index contributed by atoms with van der Waals surface area (Å²) >= 11 is 1.05. The third-order valence-electron chi connectivity index (χ3n) is 4.53. The van der Waals surface area contributed by atoms with Crippen LogP contribution in [0.1, 0.15) is 10.4 Å². The van der Waals surface area contributed by atoms with Crippen molar-refractivity contribution in [3.05, 3.63) is 82.4 Å². The summed E-state index contributed by atoms with van der Waals surface area (Å²) in [7, 11) is -2.44. The molecule has 0 atom stereocenters. The molecule has 0 spiro atoms. The molecule has 1 aromatic heterocycles.